The predicted molar refractivity (Wildman–Crippen MR) is 61.7 cm³/mol. The van der Waals surface area contributed by atoms with E-state index in [1.54, 1.807) is 0 Å². The third kappa shape index (κ3) is 3.06. The lowest BCUT2D eigenvalue weighted by atomic mass is 10.4. The molecule has 1 aliphatic rings. The molecule has 0 aromatic heterocycles. The highest BCUT2D eigenvalue weighted by atomic mass is 127. The fourth-order valence-corrected chi connectivity index (χ4v) is 2.34. The van der Waals surface area contributed by atoms with Gasteiger partial charge in [0.2, 0.25) is 0 Å². The van der Waals surface area contributed by atoms with Crippen LogP contribution in [0, 0.1) is 0 Å². The van der Waals surface area contributed by atoms with Crippen molar-refractivity contribution in [2.24, 2.45) is 4.99 Å². The van der Waals surface area contributed by atoms with E-state index in [2.05, 4.69) is 27.6 Å². The smallest absolute Gasteiger partial charge is 0.138 e. The number of nitrogens with zero attached hydrogens (tertiary/aromatic N) is 1. The Morgan fingerprint density at radius 1 is 1.83 bits per heavy atom. The molecule has 0 atom stereocenters. The summed E-state index contributed by atoms with van der Waals surface area (Å²) in [5.74, 6) is -0.375. The van der Waals surface area contributed by atoms with Crippen LogP contribution in [0.25, 0.3) is 0 Å². The third-order valence-corrected chi connectivity index (χ3v) is 3.18. The zero-order valence-electron chi connectivity index (χ0n) is 6.27. The summed E-state index contributed by atoms with van der Waals surface area (Å²) in [5.41, 5.74) is 0. The zero-order valence-corrected chi connectivity index (χ0v) is 10.0. The SMILES string of the molecule is C/C(Cl)=C(F)\C=C1/CN=C(I)S1. The van der Waals surface area contributed by atoms with Crippen molar-refractivity contribution in [3.63, 3.8) is 0 Å². The molecule has 5 heteroatoms. The van der Waals surface area contributed by atoms with Crippen molar-refractivity contribution in [2.45, 2.75) is 6.92 Å². The first-order chi connectivity index (χ1) is 5.59. The van der Waals surface area contributed by atoms with Gasteiger partial charge in [-0.2, -0.15) is 0 Å². The zero-order chi connectivity index (χ0) is 9.14. The largest absolute Gasteiger partial charge is 0.266 e. The van der Waals surface area contributed by atoms with E-state index in [0.29, 0.717) is 6.54 Å². The highest BCUT2D eigenvalue weighted by molar-refractivity contribution is 14.1. The molecule has 0 aromatic carbocycles. The number of halogens is 3. The summed E-state index contributed by atoms with van der Waals surface area (Å²) in [6, 6.07) is 0. The van der Waals surface area contributed by atoms with Gasteiger partial charge in [0.25, 0.3) is 0 Å². The van der Waals surface area contributed by atoms with Crippen LogP contribution in [0.15, 0.2) is 26.8 Å². The Kier molecular flexibility index (Phi) is 4.05. The van der Waals surface area contributed by atoms with E-state index in [1.807, 2.05) is 0 Å². The fraction of sp³-hybridized carbons (Fsp3) is 0.286. The average Bonchev–Trinajstić information content (AvgIpc) is 2.35. The van der Waals surface area contributed by atoms with Crippen molar-refractivity contribution in [2.75, 3.05) is 6.54 Å². The van der Waals surface area contributed by atoms with Gasteiger partial charge in [0, 0.05) is 4.91 Å². The Morgan fingerprint density at radius 2 is 2.50 bits per heavy atom. The molecule has 0 unspecified atom stereocenters. The van der Waals surface area contributed by atoms with Crippen LogP contribution in [0.2, 0.25) is 0 Å². The first kappa shape index (κ1) is 10.5. The van der Waals surface area contributed by atoms with Gasteiger partial charge in [0.15, 0.2) is 0 Å². The molecule has 0 saturated carbocycles. The molecule has 1 aliphatic heterocycles. The Bertz CT molecular complexity index is 281. The third-order valence-electron chi connectivity index (χ3n) is 1.19. The van der Waals surface area contributed by atoms with Crippen molar-refractivity contribution in [1.29, 1.82) is 0 Å². The Morgan fingerprint density at radius 3 is 2.92 bits per heavy atom. The molecular formula is C7H6ClFINS. The van der Waals surface area contributed by atoms with Gasteiger partial charge < -0.3 is 0 Å². The maximum absolute atomic E-state index is 12.9. The van der Waals surface area contributed by atoms with Gasteiger partial charge >= 0.3 is 0 Å². The van der Waals surface area contributed by atoms with E-state index < -0.39 is 0 Å². The van der Waals surface area contributed by atoms with Gasteiger partial charge in [0.05, 0.1) is 11.6 Å². The molecule has 1 heterocycles. The maximum Gasteiger partial charge on any atom is 0.138 e. The quantitative estimate of drug-likeness (QED) is 0.669. The molecule has 0 saturated heterocycles. The number of rotatable bonds is 1. The van der Waals surface area contributed by atoms with Crippen LogP contribution in [0.5, 0.6) is 0 Å². The molecule has 1 rings (SSSR count). The van der Waals surface area contributed by atoms with Gasteiger partial charge in [-0.1, -0.05) is 23.4 Å². The number of allylic oxidation sites excluding steroid dienone is 3. The Hall–Kier alpha value is 0.450. The van der Waals surface area contributed by atoms with E-state index >= 15 is 0 Å². The monoisotopic (exact) mass is 317 g/mol. The Labute approximate surface area is 93.3 Å². The standard InChI is InChI=1S/C7H6ClFINS/c1-4(8)6(9)2-5-3-11-7(10)12-5/h2H,3H2,1H3/b5-2+,6-4-. The lowest BCUT2D eigenvalue weighted by molar-refractivity contribution is 0.661. The van der Waals surface area contributed by atoms with E-state index in [1.165, 1.54) is 24.8 Å². The van der Waals surface area contributed by atoms with Crippen LogP contribution >= 0.6 is 46.0 Å². The van der Waals surface area contributed by atoms with Crippen LogP contribution in [0.1, 0.15) is 6.92 Å². The van der Waals surface area contributed by atoms with E-state index in [-0.39, 0.29) is 10.9 Å². The molecule has 0 N–H and O–H groups in total. The van der Waals surface area contributed by atoms with Crippen LogP contribution < -0.4 is 0 Å². The number of hydrogen-bond donors (Lipinski definition) is 0. The molecule has 12 heavy (non-hydrogen) atoms. The highest BCUT2D eigenvalue weighted by Gasteiger charge is 2.10. The second-order valence-corrected chi connectivity index (χ2v) is 5.60. The molecule has 66 valence electrons. The van der Waals surface area contributed by atoms with Crippen LogP contribution in [0.3, 0.4) is 0 Å². The molecule has 0 radical (unpaired) electrons. The first-order valence-electron chi connectivity index (χ1n) is 3.20. The minimum absolute atomic E-state index is 0.185. The van der Waals surface area contributed by atoms with E-state index in [9.17, 15) is 4.39 Å². The van der Waals surface area contributed by atoms with Crippen LogP contribution in [-0.2, 0) is 0 Å². The van der Waals surface area contributed by atoms with Gasteiger partial charge in [-0.15, -0.1) is 0 Å². The van der Waals surface area contributed by atoms with E-state index in [4.69, 9.17) is 11.6 Å². The molecule has 0 fully saturated rings. The molecule has 0 bridgehead atoms. The summed E-state index contributed by atoms with van der Waals surface area (Å²) in [6.07, 6.45) is 1.43. The Balaban J connectivity index is 2.68. The van der Waals surface area contributed by atoms with Crippen molar-refractivity contribution in [1.82, 2.24) is 0 Å². The minimum Gasteiger partial charge on any atom is -0.266 e. The van der Waals surface area contributed by atoms with Gasteiger partial charge in [0.1, 0.15) is 8.88 Å². The van der Waals surface area contributed by atoms with Gasteiger partial charge in [-0.25, -0.2) is 4.39 Å². The number of hydrogen-bond acceptors (Lipinski definition) is 2. The van der Waals surface area contributed by atoms with Crippen molar-refractivity contribution in [3.05, 3.63) is 21.8 Å². The second kappa shape index (κ2) is 4.62. The molecule has 0 aliphatic carbocycles. The van der Waals surface area contributed by atoms with Gasteiger partial charge in [-0.3, -0.25) is 4.99 Å². The molecule has 1 nitrogen and oxygen atoms in total. The van der Waals surface area contributed by atoms with Crippen molar-refractivity contribution in [3.8, 4) is 0 Å². The topological polar surface area (TPSA) is 12.4 Å². The summed E-state index contributed by atoms with van der Waals surface area (Å²) in [6.45, 7) is 2.10. The summed E-state index contributed by atoms with van der Waals surface area (Å²) in [7, 11) is 0. The summed E-state index contributed by atoms with van der Waals surface area (Å²) >= 11 is 9.04. The van der Waals surface area contributed by atoms with E-state index in [0.717, 1.165) is 7.96 Å². The summed E-state index contributed by atoms with van der Waals surface area (Å²) in [4.78, 5) is 5.00. The lowest BCUT2D eigenvalue weighted by Crippen LogP contribution is -1.77. The maximum atomic E-state index is 12.9. The van der Waals surface area contributed by atoms with Crippen molar-refractivity contribution < 1.29 is 4.39 Å². The lowest BCUT2D eigenvalue weighted by Gasteiger charge is -1.93. The molecule has 0 amide bonds. The highest BCUT2D eigenvalue weighted by Crippen LogP contribution is 2.30. The summed E-state index contributed by atoms with van der Waals surface area (Å²) in [5, 5.41) is 0.185. The molecule has 0 aromatic rings. The predicted octanol–water partition coefficient (Wildman–Crippen LogP) is 3.85. The molecular weight excluding hydrogens is 312 g/mol. The van der Waals surface area contributed by atoms with Crippen LogP contribution in [-0.4, -0.2) is 9.60 Å². The number of thioether (sulfide) groups is 1. The number of aliphatic imine (C=N–C) groups is 1. The summed E-state index contributed by atoms with van der Waals surface area (Å²) < 4.78 is 13.9. The fourth-order valence-electron chi connectivity index (χ4n) is 0.629. The van der Waals surface area contributed by atoms with Gasteiger partial charge in [-0.05, 0) is 35.6 Å². The average molecular weight is 318 g/mol. The first-order valence-corrected chi connectivity index (χ1v) is 5.47. The molecule has 0 spiro atoms. The van der Waals surface area contributed by atoms with Crippen LogP contribution in [0.4, 0.5) is 4.39 Å². The van der Waals surface area contributed by atoms with Crippen molar-refractivity contribution >= 4 is 49.0 Å². The minimum atomic E-state index is -0.375. The normalized spacial score (nSPS) is 22.7. The second-order valence-electron chi connectivity index (χ2n) is 2.16.